The van der Waals surface area contributed by atoms with Gasteiger partial charge in [-0.25, -0.2) is 9.78 Å². The molecule has 0 saturated carbocycles. The van der Waals surface area contributed by atoms with Crippen LogP contribution in [0.2, 0.25) is 0 Å². The summed E-state index contributed by atoms with van der Waals surface area (Å²) in [6.45, 7) is 7.47. The van der Waals surface area contributed by atoms with E-state index in [0.717, 1.165) is 0 Å². The van der Waals surface area contributed by atoms with E-state index in [0.29, 0.717) is 18.0 Å². The Hall–Kier alpha value is -1.32. The number of hydrogen-bond acceptors (Lipinski definition) is 3. The van der Waals surface area contributed by atoms with Gasteiger partial charge < -0.3 is 9.52 Å². The zero-order chi connectivity index (χ0) is 10.4. The number of carboxylic acid groups (broad SMARTS) is 1. The standard InChI is InChI=1S/C7H9NO3.C2H6/c1-3-5-6(7(9)10)11-4(2)8-5;1-2/h3H2,1-2H3,(H,9,10);1-2H3. The van der Waals surface area contributed by atoms with Crippen LogP contribution in [0.4, 0.5) is 0 Å². The summed E-state index contributed by atoms with van der Waals surface area (Å²) in [4.78, 5) is 14.4. The highest BCUT2D eigenvalue weighted by Gasteiger charge is 2.15. The van der Waals surface area contributed by atoms with Crippen LogP contribution in [0, 0.1) is 6.92 Å². The summed E-state index contributed by atoms with van der Waals surface area (Å²) in [5.74, 6) is -0.688. The summed E-state index contributed by atoms with van der Waals surface area (Å²) < 4.78 is 4.86. The second-order valence-electron chi connectivity index (χ2n) is 2.17. The van der Waals surface area contributed by atoms with Crippen molar-refractivity contribution in [3.8, 4) is 0 Å². The Morgan fingerprint density at radius 2 is 2.08 bits per heavy atom. The van der Waals surface area contributed by atoms with Crippen molar-refractivity contribution >= 4 is 5.97 Å². The molecule has 1 aromatic rings. The highest BCUT2D eigenvalue weighted by molar-refractivity contribution is 5.85. The first-order valence-electron chi connectivity index (χ1n) is 4.34. The summed E-state index contributed by atoms with van der Waals surface area (Å²) in [5, 5.41) is 8.58. The molecule has 0 unspecified atom stereocenters. The van der Waals surface area contributed by atoms with Gasteiger partial charge in [-0.05, 0) is 6.42 Å². The minimum absolute atomic E-state index is 0.0370. The van der Waals surface area contributed by atoms with Gasteiger partial charge in [0.2, 0.25) is 5.76 Å². The SMILES string of the molecule is CC.CCc1nc(C)oc1C(=O)O. The molecule has 0 spiro atoms. The summed E-state index contributed by atoms with van der Waals surface area (Å²) in [7, 11) is 0. The molecule has 0 amide bonds. The predicted octanol–water partition coefficient (Wildman–Crippen LogP) is 2.27. The minimum Gasteiger partial charge on any atom is -0.475 e. The quantitative estimate of drug-likeness (QED) is 0.767. The van der Waals surface area contributed by atoms with Crippen molar-refractivity contribution in [1.29, 1.82) is 0 Å². The van der Waals surface area contributed by atoms with Gasteiger partial charge in [-0.3, -0.25) is 0 Å². The molecule has 0 fully saturated rings. The molecule has 1 N–H and O–H groups in total. The Morgan fingerprint density at radius 3 is 2.38 bits per heavy atom. The van der Waals surface area contributed by atoms with Crippen LogP contribution in [0.25, 0.3) is 0 Å². The van der Waals surface area contributed by atoms with E-state index >= 15 is 0 Å². The van der Waals surface area contributed by atoms with Gasteiger partial charge in [0.05, 0.1) is 5.69 Å². The van der Waals surface area contributed by atoms with Crippen molar-refractivity contribution in [3.05, 3.63) is 17.3 Å². The molecule has 0 radical (unpaired) electrons. The number of oxazole rings is 1. The summed E-state index contributed by atoms with van der Waals surface area (Å²) in [5.41, 5.74) is 0.509. The third-order valence-electron chi connectivity index (χ3n) is 1.33. The van der Waals surface area contributed by atoms with Crippen molar-refractivity contribution in [2.75, 3.05) is 0 Å². The third-order valence-corrected chi connectivity index (χ3v) is 1.33. The lowest BCUT2D eigenvalue weighted by molar-refractivity contribution is 0.0659. The Bertz CT molecular complexity index is 278. The predicted molar refractivity (Wildman–Crippen MR) is 48.9 cm³/mol. The van der Waals surface area contributed by atoms with E-state index in [9.17, 15) is 4.79 Å². The summed E-state index contributed by atoms with van der Waals surface area (Å²) >= 11 is 0. The fourth-order valence-corrected chi connectivity index (χ4v) is 0.877. The molecule has 4 nitrogen and oxygen atoms in total. The average molecular weight is 185 g/mol. The van der Waals surface area contributed by atoms with Crippen molar-refractivity contribution in [3.63, 3.8) is 0 Å². The Balaban J connectivity index is 0.000000671. The van der Waals surface area contributed by atoms with Crippen LogP contribution in [0.15, 0.2) is 4.42 Å². The second-order valence-corrected chi connectivity index (χ2v) is 2.17. The maximum atomic E-state index is 10.5. The molecular formula is C9H15NO3. The van der Waals surface area contributed by atoms with Gasteiger partial charge in [0, 0.05) is 6.92 Å². The van der Waals surface area contributed by atoms with Crippen molar-refractivity contribution in [2.24, 2.45) is 0 Å². The van der Waals surface area contributed by atoms with Crippen LogP contribution in [0.5, 0.6) is 0 Å². The maximum Gasteiger partial charge on any atom is 0.373 e. The van der Waals surface area contributed by atoms with E-state index in [2.05, 4.69) is 4.98 Å². The third kappa shape index (κ3) is 2.89. The first kappa shape index (κ1) is 11.7. The fraction of sp³-hybridized carbons (Fsp3) is 0.556. The average Bonchev–Trinajstić information content (AvgIpc) is 2.50. The number of nitrogens with zero attached hydrogens (tertiary/aromatic N) is 1. The monoisotopic (exact) mass is 185 g/mol. The molecular weight excluding hydrogens is 170 g/mol. The highest BCUT2D eigenvalue weighted by atomic mass is 16.4. The molecule has 0 aliphatic heterocycles. The van der Waals surface area contributed by atoms with Crippen LogP contribution >= 0.6 is 0 Å². The number of aryl methyl sites for hydroxylation is 2. The Morgan fingerprint density at radius 1 is 1.54 bits per heavy atom. The number of rotatable bonds is 2. The summed E-state index contributed by atoms with van der Waals surface area (Å²) in [6, 6.07) is 0. The van der Waals surface area contributed by atoms with Gasteiger partial charge in [0.15, 0.2) is 5.89 Å². The molecule has 13 heavy (non-hydrogen) atoms. The zero-order valence-electron chi connectivity index (χ0n) is 8.42. The van der Waals surface area contributed by atoms with Gasteiger partial charge in [0.25, 0.3) is 0 Å². The molecule has 1 aromatic heterocycles. The van der Waals surface area contributed by atoms with Crippen LogP contribution in [-0.4, -0.2) is 16.1 Å². The van der Waals surface area contributed by atoms with Gasteiger partial charge in [-0.2, -0.15) is 0 Å². The lowest BCUT2D eigenvalue weighted by Crippen LogP contribution is -1.98. The van der Waals surface area contributed by atoms with E-state index in [-0.39, 0.29) is 5.76 Å². The Labute approximate surface area is 77.6 Å². The van der Waals surface area contributed by atoms with Crippen molar-refractivity contribution in [1.82, 2.24) is 4.98 Å². The van der Waals surface area contributed by atoms with Crippen LogP contribution in [0.1, 0.15) is 42.9 Å². The lowest BCUT2D eigenvalue weighted by atomic mass is 10.3. The molecule has 1 heterocycles. The molecule has 0 saturated heterocycles. The first-order valence-corrected chi connectivity index (χ1v) is 4.34. The van der Waals surface area contributed by atoms with Crippen molar-refractivity contribution in [2.45, 2.75) is 34.1 Å². The van der Waals surface area contributed by atoms with Crippen LogP contribution in [0.3, 0.4) is 0 Å². The smallest absolute Gasteiger partial charge is 0.373 e. The van der Waals surface area contributed by atoms with E-state index < -0.39 is 5.97 Å². The fourth-order valence-electron chi connectivity index (χ4n) is 0.877. The molecule has 0 aliphatic rings. The number of aromatic nitrogens is 1. The molecule has 0 atom stereocenters. The van der Waals surface area contributed by atoms with Gasteiger partial charge in [0.1, 0.15) is 0 Å². The molecule has 0 aliphatic carbocycles. The van der Waals surface area contributed by atoms with E-state index in [1.165, 1.54) is 0 Å². The van der Waals surface area contributed by atoms with E-state index in [4.69, 9.17) is 9.52 Å². The highest BCUT2D eigenvalue weighted by Crippen LogP contribution is 2.10. The molecule has 74 valence electrons. The Kier molecular flexibility index (Phi) is 4.80. The minimum atomic E-state index is -1.05. The van der Waals surface area contributed by atoms with Crippen LogP contribution in [-0.2, 0) is 6.42 Å². The van der Waals surface area contributed by atoms with Gasteiger partial charge in [-0.1, -0.05) is 20.8 Å². The topological polar surface area (TPSA) is 63.3 Å². The molecule has 0 bridgehead atoms. The van der Waals surface area contributed by atoms with E-state index in [1.54, 1.807) is 6.92 Å². The van der Waals surface area contributed by atoms with E-state index in [1.807, 2.05) is 20.8 Å². The summed E-state index contributed by atoms with van der Waals surface area (Å²) in [6.07, 6.45) is 0.582. The van der Waals surface area contributed by atoms with Crippen LogP contribution < -0.4 is 0 Å². The largest absolute Gasteiger partial charge is 0.475 e. The first-order chi connectivity index (χ1) is 6.15. The normalized spacial score (nSPS) is 8.92. The lowest BCUT2D eigenvalue weighted by Gasteiger charge is -1.87. The molecule has 4 heteroatoms. The second kappa shape index (κ2) is 5.35. The number of carbonyl (C=O) groups is 1. The number of hydrogen-bond donors (Lipinski definition) is 1. The van der Waals surface area contributed by atoms with Gasteiger partial charge >= 0.3 is 5.97 Å². The molecule has 1 rings (SSSR count). The number of aromatic carboxylic acids is 1. The van der Waals surface area contributed by atoms with Gasteiger partial charge in [-0.15, -0.1) is 0 Å². The number of carboxylic acids is 1. The maximum absolute atomic E-state index is 10.5. The van der Waals surface area contributed by atoms with Crippen molar-refractivity contribution < 1.29 is 14.3 Å². The molecule has 0 aromatic carbocycles. The zero-order valence-corrected chi connectivity index (χ0v) is 8.42.